The number of hydrogen-bond donors (Lipinski definition) is 1. The van der Waals surface area contributed by atoms with E-state index in [0.717, 1.165) is 4.47 Å². The highest BCUT2D eigenvalue weighted by Gasteiger charge is 2.27. The third kappa shape index (κ3) is 4.55. The van der Waals surface area contributed by atoms with Crippen LogP contribution in [0.2, 0.25) is 0 Å². The van der Waals surface area contributed by atoms with Crippen molar-refractivity contribution in [3.63, 3.8) is 0 Å². The number of aliphatic hydroxyl groups is 1. The molecule has 6 heteroatoms. The molecule has 0 aliphatic carbocycles. The molecule has 1 rings (SSSR count). The number of aliphatic hydroxyl groups excluding tert-OH is 1. The summed E-state index contributed by atoms with van der Waals surface area (Å²) >= 11 is 3.25. The number of alkyl halides is 3. The monoisotopic (exact) mass is 311 g/mol. The summed E-state index contributed by atoms with van der Waals surface area (Å²) in [6.07, 6.45) is -5.03. The van der Waals surface area contributed by atoms with Crippen molar-refractivity contribution in [1.29, 1.82) is 0 Å². The van der Waals surface area contributed by atoms with Gasteiger partial charge in [-0.3, -0.25) is 0 Å². The van der Waals surface area contributed by atoms with Crippen molar-refractivity contribution in [3.8, 4) is 0 Å². The lowest BCUT2D eigenvalue weighted by Gasteiger charge is -2.22. The fourth-order valence-electron chi connectivity index (χ4n) is 1.47. The van der Waals surface area contributed by atoms with Crippen LogP contribution in [-0.4, -0.2) is 24.9 Å². The SMILES string of the molecule is CN(CCC(F)(F)F)c1ccc(Br)cc1CO. The first kappa shape index (κ1) is 14.3. The molecule has 0 saturated heterocycles. The first-order chi connectivity index (χ1) is 7.83. The Balaban J connectivity index is 2.78. The molecule has 1 aromatic rings. The minimum absolute atomic E-state index is 0.127. The number of hydrogen-bond acceptors (Lipinski definition) is 2. The predicted molar refractivity (Wildman–Crippen MR) is 64.0 cm³/mol. The molecular formula is C11H13BrF3NO. The van der Waals surface area contributed by atoms with Crippen molar-refractivity contribution >= 4 is 21.6 Å². The molecule has 0 radical (unpaired) electrons. The van der Waals surface area contributed by atoms with Crippen molar-refractivity contribution in [1.82, 2.24) is 0 Å². The summed E-state index contributed by atoms with van der Waals surface area (Å²) in [6.45, 7) is -0.330. The van der Waals surface area contributed by atoms with E-state index in [9.17, 15) is 13.2 Å². The Labute approximate surface area is 106 Å². The van der Waals surface area contributed by atoms with Gasteiger partial charge in [-0.25, -0.2) is 0 Å². The second kappa shape index (κ2) is 5.73. The molecule has 96 valence electrons. The average molecular weight is 312 g/mol. The minimum Gasteiger partial charge on any atom is -0.392 e. The molecule has 0 unspecified atom stereocenters. The minimum atomic E-state index is -4.16. The lowest BCUT2D eigenvalue weighted by Crippen LogP contribution is -2.24. The van der Waals surface area contributed by atoms with Gasteiger partial charge in [0.05, 0.1) is 13.0 Å². The van der Waals surface area contributed by atoms with Crippen LogP contribution in [0, 0.1) is 0 Å². The van der Waals surface area contributed by atoms with E-state index in [2.05, 4.69) is 15.9 Å². The molecule has 1 aromatic carbocycles. The number of halogens is 4. The summed E-state index contributed by atoms with van der Waals surface area (Å²) in [4.78, 5) is 1.49. The number of nitrogens with zero attached hydrogens (tertiary/aromatic N) is 1. The summed E-state index contributed by atoms with van der Waals surface area (Å²) in [5.41, 5.74) is 1.21. The van der Waals surface area contributed by atoms with Crippen LogP contribution in [0.5, 0.6) is 0 Å². The molecule has 0 aliphatic rings. The van der Waals surface area contributed by atoms with E-state index in [1.54, 1.807) is 25.2 Å². The molecule has 0 heterocycles. The highest BCUT2D eigenvalue weighted by atomic mass is 79.9. The van der Waals surface area contributed by atoms with Gasteiger partial charge in [0, 0.05) is 29.3 Å². The molecule has 0 bridgehead atoms. The van der Waals surface area contributed by atoms with Crippen LogP contribution >= 0.6 is 15.9 Å². The molecule has 0 amide bonds. The Bertz CT molecular complexity index is 381. The van der Waals surface area contributed by atoms with Crippen LogP contribution in [0.4, 0.5) is 18.9 Å². The molecule has 0 aromatic heterocycles. The summed E-state index contributed by atoms with van der Waals surface area (Å²) < 4.78 is 37.1. The first-order valence-corrected chi connectivity index (χ1v) is 5.80. The fraction of sp³-hybridized carbons (Fsp3) is 0.455. The third-order valence-electron chi connectivity index (χ3n) is 2.35. The van der Waals surface area contributed by atoms with Gasteiger partial charge in [0.25, 0.3) is 0 Å². The van der Waals surface area contributed by atoms with Crippen LogP contribution in [0.1, 0.15) is 12.0 Å². The van der Waals surface area contributed by atoms with E-state index in [-0.39, 0.29) is 13.2 Å². The molecule has 0 atom stereocenters. The molecule has 0 aliphatic heterocycles. The van der Waals surface area contributed by atoms with E-state index in [1.807, 2.05) is 0 Å². The van der Waals surface area contributed by atoms with Crippen molar-refractivity contribution < 1.29 is 18.3 Å². The van der Waals surface area contributed by atoms with Crippen molar-refractivity contribution in [2.24, 2.45) is 0 Å². The molecular weight excluding hydrogens is 299 g/mol. The summed E-state index contributed by atoms with van der Waals surface area (Å²) in [6, 6.07) is 5.12. The van der Waals surface area contributed by atoms with Gasteiger partial charge in [-0.2, -0.15) is 13.2 Å². The van der Waals surface area contributed by atoms with Gasteiger partial charge in [0.2, 0.25) is 0 Å². The van der Waals surface area contributed by atoms with Gasteiger partial charge in [-0.1, -0.05) is 15.9 Å². The van der Waals surface area contributed by atoms with Gasteiger partial charge in [0.1, 0.15) is 0 Å². The zero-order valence-corrected chi connectivity index (χ0v) is 10.8. The largest absolute Gasteiger partial charge is 0.392 e. The highest BCUT2D eigenvalue weighted by Crippen LogP contribution is 2.26. The van der Waals surface area contributed by atoms with Crippen molar-refractivity contribution in [2.75, 3.05) is 18.5 Å². The summed E-state index contributed by atoms with van der Waals surface area (Å²) in [5.74, 6) is 0. The van der Waals surface area contributed by atoms with Crippen LogP contribution in [0.25, 0.3) is 0 Å². The molecule has 0 saturated carbocycles. The van der Waals surface area contributed by atoms with Crippen molar-refractivity contribution in [3.05, 3.63) is 28.2 Å². The second-order valence-electron chi connectivity index (χ2n) is 3.72. The maximum Gasteiger partial charge on any atom is 0.390 e. The number of benzene rings is 1. The van der Waals surface area contributed by atoms with Gasteiger partial charge >= 0.3 is 6.18 Å². The zero-order chi connectivity index (χ0) is 13.1. The van der Waals surface area contributed by atoms with Crippen LogP contribution < -0.4 is 4.90 Å². The first-order valence-electron chi connectivity index (χ1n) is 5.00. The van der Waals surface area contributed by atoms with Gasteiger partial charge in [-0.15, -0.1) is 0 Å². The zero-order valence-electron chi connectivity index (χ0n) is 9.26. The Kier molecular flexibility index (Phi) is 4.82. The van der Waals surface area contributed by atoms with Crippen LogP contribution in [0.15, 0.2) is 22.7 Å². The van der Waals surface area contributed by atoms with E-state index < -0.39 is 12.6 Å². The molecule has 0 fully saturated rings. The summed E-state index contributed by atoms with van der Waals surface area (Å²) in [5, 5.41) is 9.15. The maximum absolute atomic E-state index is 12.1. The summed E-state index contributed by atoms with van der Waals surface area (Å²) in [7, 11) is 1.58. The molecule has 1 N–H and O–H groups in total. The van der Waals surface area contributed by atoms with Crippen LogP contribution in [0.3, 0.4) is 0 Å². The third-order valence-corrected chi connectivity index (χ3v) is 2.85. The Morgan fingerprint density at radius 1 is 1.35 bits per heavy atom. The number of anilines is 1. The molecule has 0 spiro atoms. The molecule has 2 nitrogen and oxygen atoms in total. The van der Waals surface area contributed by atoms with Crippen LogP contribution in [-0.2, 0) is 6.61 Å². The quantitative estimate of drug-likeness (QED) is 0.922. The Morgan fingerprint density at radius 3 is 2.53 bits per heavy atom. The average Bonchev–Trinajstić information content (AvgIpc) is 2.24. The second-order valence-corrected chi connectivity index (χ2v) is 4.63. The topological polar surface area (TPSA) is 23.5 Å². The van der Waals surface area contributed by atoms with Gasteiger partial charge in [0.15, 0.2) is 0 Å². The number of rotatable bonds is 4. The Morgan fingerprint density at radius 2 is 2.00 bits per heavy atom. The highest BCUT2D eigenvalue weighted by molar-refractivity contribution is 9.10. The smallest absolute Gasteiger partial charge is 0.390 e. The normalized spacial score (nSPS) is 11.6. The predicted octanol–water partition coefficient (Wildman–Crippen LogP) is 3.33. The lowest BCUT2D eigenvalue weighted by molar-refractivity contribution is -0.132. The van der Waals surface area contributed by atoms with Gasteiger partial charge in [-0.05, 0) is 18.2 Å². The van der Waals surface area contributed by atoms with E-state index in [4.69, 9.17) is 5.11 Å². The standard InChI is InChI=1S/C11H13BrF3NO/c1-16(5-4-11(13,14)15)10-3-2-9(12)6-8(10)7-17/h2-3,6,17H,4-5,7H2,1H3. The van der Waals surface area contributed by atoms with Gasteiger partial charge < -0.3 is 10.0 Å². The Hall–Kier alpha value is -0.750. The maximum atomic E-state index is 12.1. The fourth-order valence-corrected chi connectivity index (χ4v) is 1.88. The molecule has 17 heavy (non-hydrogen) atoms. The van der Waals surface area contributed by atoms with E-state index >= 15 is 0 Å². The van der Waals surface area contributed by atoms with E-state index in [1.165, 1.54) is 4.90 Å². The van der Waals surface area contributed by atoms with E-state index in [0.29, 0.717) is 11.3 Å². The van der Waals surface area contributed by atoms with Crippen molar-refractivity contribution in [2.45, 2.75) is 19.2 Å². The lowest BCUT2D eigenvalue weighted by atomic mass is 10.1.